The van der Waals surface area contributed by atoms with Gasteiger partial charge in [-0.1, -0.05) is 20.8 Å². The Hall–Kier alpha value is -1.89. The number of ether oxygens (including phenoxy) is 1. The molecule has 0 saturated carbocycles. The number of hydrogen-bond acceptors (Lipinski definition) is 6. The molecule has 2 aromatic heterocycles. The van der Waals surface area contributed by atoms with Crippen molar-refractivity contribution in [3.05, 3.63) is 17.3 Å². The number of amides is 1. The van der Waals surface area contributed by atoms with Gasteiger partial charge in [0.15, 0.2) is 0 Å². The Morgan fingerprint density at radius 1 is 1.08 bits per heavy atom. The van der Waals surface area contributed by atoms with Gasteiger partial charge in [0.05, 0.1) is 5.39 Å². The van der Waals surface area contributed by atoms with Crippen molar-refractivity contribution in [2.24, 2.45) is 0 Å². The monoisotopic (exact) mass is 376 g/mol. The van der Waals surface area contributed by atoms with E-state index in [1.165, 1.54) is 4.88 Å². The summed E-state index contributed by atoms with van der Waals surface area (Å²) in [5.74, 6) is 0.964. The lowest BCUT2D eigenvalue weighted by molar-refractivity contribution is 0.0240. The van der Waals surface area contributed by atoms with Gasteiger partial charge in [-0.15, -0.1) is 11.3 Å². The quantitative estimate of drug-likeness (QED) is 0.752. The molecule has 1 saturated heterocycles. The Morgan fingerprint density at radius 2 is 1.73 bits per heavy atom. The summed E-state index contributed by atoms with van der Waals surface area (Å²) in [4.78, 5) is 27.6. The molecule has 1 aliphatic rings. The van der Waals surface area contributed by atoms with E-state index < -0.39 is 5.60 Å². The summed E-state index contributed by atoms with van der Waals surface area (Å²) >= 11 is 1.73. The normalized spacial score (nSPS) is 16.2. The molecule has 0 spiro atoms. The van der Waals surface area contributed by atoms with E-state index in [0.717, 1.165) is 29.1 Å². The third kappa shape index (κ3) is 4.09. The van der Waals surface area contributed by atoms with Crippen molar-refractivity contribution < 1.29 is 9.53 Å². The fourth-order valence-electron chi connectivity index (χ4n) is 2.89. The van der Waals surface area contributed by atoms with Crippen LogP contribution >= 0.6 is 11.3 Å². The zero-order valence-electron chi connectivity index (χ0n) is 16.5. The lowest BCUT2D eigenvalue weighted by Crippen LogP contribution is -2.50. The number of carbonyl (C=O) groups is 1. The van der Waals surface area contributed by atoms with Gasteiger partial charge < -0.3 is 14.5 Å². The molecule has 0 bridgehead atoms. The molecule has 0 aromatic carbocycles. The number of rotatable bonds is 1. The maximum Gasteiger partial charge on any atom is 0.410 e. The SMILES string of the molecule is CC(C)(C)OC(=O)N1CCN(c2ncnc3sc(C(C)(C)C)cc23)CC1. The van der Waals surface area contributed by atoms with Crippen LogP contribution in [-0.2, 0) is 10.2 Å². The van der Waals surface area contributed by atoms with E-state index in [4.69, 9.17) is 4.74 Å². The minimum atomic E-state index is -0.465. The summed E-state index contributed by atoms with van der Waals surface area (Å²) < 4.78 is 5.47. The molecule has 0 N–H and O–H groups in total. The van der Waals surface area contributed by atoms with Crippen molar-refractivity contribution >= 4 is 33.5 Å². The first-order valence-corrected chi connectivity index (χ1v) is 9.84. The van der Waals surface area contributed by atoms with Crippen molar-refractivity contribution in [3.8, 4) is 0 Å². The van der Waals surface area contributed by atoms with Gasteiger partial charge in [0.2, 0.25) is 0 Å². The summed E-state index contributed by atoms with van der Waals surface area (Å²) in [6.45, 7) is 15.1. The molecule has 142 valence electrons. The Labute approximate surface area is 159 Å². The molecule has 3 rings (SSSR count). The van der Waals surface area contributed by atoms with Gasteiger partial charge in [-0.25, -0.2) is 14.8 Å². The van der Waals surface area contributed by atoms with Crippen molar-refractivity contribution in [1.29, 1.82) is 0 Å². The van der Waals surface area contributed by atoms with Crippen LogP contribution in [0.5, 0.6) is 0 Å². The molecule has 6 nitrogen and oxygen atoms in total. The lowest BCUT2D eigenvalue weighted by atomic mass is 9.94. The number of aromatic nitrogens is 2. The van der Waals surface area contributed by atoms with Crippen LogP contribution in [0.4, 0.5) is 10.6 Å². The second-order valence-corrected chi connectivity index (χ2v) is 9.76. The van der Waals surface area contributed by atoms with E-state index in [-0.39, 0.29) is 11.5 Å². The third-order valence-corrected chi connectivity index (χ3v) is 5.75. The van der Waals surface area contributed by atoms with Crippen LogP contribution in [0.25, 0.3) is 10.2 Å². The highest BCUT2D eigenvalue weighted by Crippen LogP contribution is 2.36. The topological polar surface area (TPSA) is 58.6 Å². The lowest BCUT2D eigenvalue weighted by Gasteiger charge is -2.36. The van der Waals surface area contributed by atoms with E-state index in [2.05, 4.69) is 41.7 Å². The second kappa shape index (κ2) is 6.68. The van der Waals surface area contributed by atoms with E-state index in [1.807, 2.05) is 20.8 Å². The summed E-state index contributed by atoms with van der Waals surface area (Å²) in [6.07, 6.45) is 1.40. The summed E-state index contributed by atoms with van der Waals surface area (Å²) in [5.41, 5.74) is -0.370. The average molecular weight is 377 g/mol. The number of carbonyl (C=O) groups excluding carboxylic acids is 1. The standard InChI is InChI=1S/C19H28N4O2S/c1-18(2,3)14-11-13-15(20-12-21-16(13)26-14)22-7-9-23(10-8-22)17(24)25-19(4,5)6/h11-12H,7-10H2,1-6H3. The predicted octanol–water partition coefficient (Wildman–Crippen LogP) is 4.05. The Morgan fingerprint density at radius 3 is 2.31 bits per heavy atom. The highest BCUT2D eigenvalue weighted by atomic mass is 32.1. The summed E-state index contributed by atoms with van der Waals surface area (Å²) in [5, 5.41) is 1.10. The summed E-state index contributed by atoms with van der Waals surface area (Å²) in [7, 11) is 0. The first kappa shape index (κ1) is 18.9. The molecule has 7 heteroatoms. The highest BCUT2D eigenvalue weighted by Gasteiger charge is 2.27. The maximum atomic E-state index is 12.2. The summed E-state index contributed by atoms with van der Waals surface area (Å²) in [6, 6.07) is 2.22. The number of thiophene rings is 1. The van der Waals surface area contributed by atoms with E-state index >= 15 is 0 Å². The molecule has 0 atom stereocenters. The first-order chi connectivity index (χ1) is 12.0. The molecule has 1 amide bonds. The molecular weight excluding hydrogens is 348 g/mol. The van der Waals surface area contributed by atoms with Gasteiger partial charge in [0, 0.05) is 31.1 Å². The van der Waals surface area contributed by atoms with Gasteiger partial charge in [-0.2, -0.15) is 0 Å². The molecule has 1 fully saturated rings. The van der Waals surface area contributed by atoms with Gasteiger partial charge in [-0.05, 0) is 32.3 Å². The predicted molar refractivity (Wildman–Crippen MR) is 106 cm³/mol. The smallest absolute Gasteiger partial charge is 0.410 e. The van der Waals surface area contributed by atoms with Crippen LogP contribution in [0, 0.1) is 0 Å². The minimum Gasteiger partial charge on any atom is -0.444 e. The molecule has 26 heavy (non-hydrogen) atoms. The van der Waals surface area contributed by atoms with Crippen LogP contribution < -0.4 is 4.90 Å². The fraction of sp³-hybridized carbons (Fsp3) is 0.632. The van der Waals surface area contributed by atoms with Gasteiger partial charge >= 0.3 is 6.09 Å². The molecule has 2 aromatic rings. The Bertz CT molecular complexity index is 796. The van der Waals surface area contributed by atoms with E-state index in [9.17, 15) is 4.79 Å². The number of fused-ring (bicyclic) bond motifs is 1. The zero-order chi connectivity index (χ0) is 19.1. The Kier molecular flexibility index (Phi) is 4.86. The molecule has 3 heterocycles. The molecule has 0 radical (unpaired) electrons. The number of piperazine rings is 1. The molecular formula is C19H28N4O2S. The maximum absolute atomic E-state index is 12.2. The highest BCUT2D eigenvalue weighted by molar-refractivity contribution is 7.18. The van der Waals surface area contributed by atoms with Crippen molar-refractivity contribution in [1.82, 2.24) is 14.9 Å². The molecule has 0 unspecified atom stereocenters. The average Bonchev–Trinajstić information content (AvgIpc) is 2.98. The van der Waals surface area contributed by atoms with Gasteiger partial charge in [0.1, 0.15) is 22.6 Å². The van der Waals surface area contributed by atoms with E-state index in [1.54, 1.807) is 22.6 Å². The Balaban J connectivity index is 1.76. The largest absolute Gasteiger partial charge is 0.444 e. The van der Waals surface area contributed by atoms with Crippen LogP contribution in [0.1, 0.15) is 46.4 Å². The second-order valence-electron chi connectivity index (χ2n) is 8.73. The molecule has 1 aliphatic heterocycles. The van der Waals surface area contributed by atoms with Crippen LogP contribution in [-0.4, -0.2) is 52.7 Å². The van der Waals surface area contributed by atoms with Crippen LogP contribution in [0.15, 0.2) is 12.4 Å². The molecule has 0 aliphatic carbocycles. The number of hydrogen-bond donors (Lipinski definition) is 0. The van der Waals surface area contributed by atoms with E-state index in [0.29, 0.717) is 13.1 Å². The number of anilines is 1. The van der Waals surface area contributed by atoms with Crippen molar-refractivity contribution in [3.63, 3.8) is 0 Å². The number of nitrogens with zero attached hydrogens (tertiary/aromatic N) is 4. The minimum absolute atomic E-state index is 0.0953. The first-order valence-electron chi connectivity index (χ1n) is 9.02. The van der Waals surface area contributed by atoms with Gasteiger partial charge in [-0.3, -0.25) is 0 Å². The van der Waals surface area contributed by atoms with Crippen molar-refractivity contribution in [2.75, 3.05) is 31.1 Å². The fourth-order valence-corrected chi connectivity index (χ4v) is 3.94. The van der Waals surface area contributed by atoms with Crippen LogP contribution in [0.2, 0.25) is 0 Å². The third-order valence-electron chi connectivity index (χ3n) is 4.28. The van der Waals surface area contributed by atoms with Crippen LogP contribution in [0.3, 0.4) is 0 Å². The van der Waals surface area contributed by atoms with Crippen molar-refractivity contribution in [2.45, 2.75) is 52.6 Å². The zero-order valence-corrected chi connectivity index (χ0v) is 17.3. The van der Waals surface area contributed by atoms with Gasteiger partial charge in [0.25, 0.3) is 0 Å².